The Bertz CT molecular complexity index is 1310. The number of ether oxygens (including phenoxy) is 1. The number of para-hydroxylation sites is 1. The third kappa shape index (κ3) is 4.70. The summed E-state index contributed by atoms with van der Waals surface area (Å²) < 4.78 is 8.27. The average molecular weight is 472 g/mol. The molecule has 6 heteroatoms. The lowest BCUT2D eigenvalue weighted by atomic mass is 10.1. The van der Waals surface area contributed by atoms with Gasteiger partial charge in [-0.2, -0.15) is 5.10 Å². The van der Waals surface area contributed by atoms with Gasteiger partial charge in [0, 0.05) is 16.6 Å². The van der Waals surface area contributed by atoms with Crippen molar-refractivity contribution < 1.29 is 9.53 Å². The van der Waals surface area contributed by atoms with Crippen LogP contribution in [0.1, 0.15) is 40.0 Å². The standard InChI is InChI=1S/C28H26ClN3O2/c1-19-7-6-10-25(17-19)34-28-26(20(2)30-32(28)24-8-4-3-5-9-24)18-31(23-15-16-23)27(33)21-11-13-22(29)14-12-21/h3-14,17,23H,15-16,18H2,1-2H3. The summed E-state index contributed by atoms with van der Waals surface area (Å²) >= 11 is 6.04. The van der Waals surface area contributed by atoms with Crippen LogP contribution in [0.2, 0.25) is 5.02 Å². The lowest BCUT2D eigenvalue weighted by molar-refractivity contribution is 0.0729. The summed E-state index contributed by atoms with van der Waals surface area (Å²) in [5.74, 6) is 1.36. The number of aryl methyl sites for hydroxylation is 2. The Morgan fingerprint density at radius 3 is 2.44 bits per heavy atom. The first-order valence-corrected chi connectivity index (χ1v) is 11.8. The minimum absolute atomic E-state index is 0.00691. The fourth-order valence-corrected chi connectivity index (χ4v) is 4.17. The minimum atomic E-state index is -0.00691. The maximum Gasteiger partial charge on any atom is 0.254 e. The van der Waals surface area contributed by atoms with Crippen molar-refractivity contribution in [3.63, 3.8) is 0 Å². The van der Waals surface area contributed by atoms with Gasteiger partial charge in [-0.15, -0.1) is 0 Å². The van der Waals surface area contributed by atoms with E-state index in [9.17, 15) is 4.79 Å². The van der Waals surface area contributed by atoms with Gasteiger partial charge in [0.25, 0.3) is 5.91 Å². The Labute approximate surface area is 204 Å². The summed E-state index contributed by atoms with van der Waals surface area (Å²) in [4.78, 5) is 15.4. The number of rotatable bonds is 7. The second-order valence-corrected chi connectivity index (χ2v) is 9.14. The Balaban J connectivity index is 1.55. The largest absolute Gasteiger partial charge is 0.439 e. The Morgan fingerprint density at radius 2 is 1.76 bits per heavy atom. The van der Waals surface area contributed by atoms with Crippen LogP contribution in [0.3, 0.4) is 0 Å². The molecule has 1 aromatic heterocycles. The highest BCUT2D eigenvalue weighted by Gasteiger charge is 2.35. The minimum Gasteiger partial charge on any atom is -0.439 e. The molecule has 0 saturated heterocycles. The molecule has 172 valence electrons. The number of nitrogens with zero attached hydrogens (tertiary/aromatic N) is 3. The molecule has 0 aliphatic heterocycles. The van der Waals surface area contributed by atoms with E-state index in [1.807, 2.05) is 78.0 Å². The number of halogens is 1. The maximum absolute atomic E-state index is 13.5. The van der Waals surface area contributed by atoms with Crippen LogP contribution >= 0.6 is 11.6 Å². The van der Waals surface area contributed by atoms with E-state index < -0.39 is 0 Å². The quantitative estimate of drug-likeness (QED) is 0.300. The molecule has 1 heterocycles. The first-order valence-electron chi connectivity index (χ1n) is 11.4. The number of hydrogen-bond donors (Lipinski definition) is 0. The Kier molecular flexibility index (Phi) is 6.12. The van der Waals surface area contributed by atoms with Crippen molar-refractivity contribution >= 4 is 17.5 Å². The van der Waals surface area contributed by atoms with Gasteiger partial charge in [0.1, 0.15) is 5.75 Å². The van der Waals surface area contributed by atoms with Gasteiger partial charge in [0.05, 0.1) is 23.5 Å². The molecular weight excluding hydrogens is 446 g/mol. The molecule has 0 bridgehead atoms. The molecule has 5 nitrogen and oxygen atoms in total. The van der Waals surface area contributed by atoms with E-state index in [0.29, 0.717) is 23.0 Å². The van der Waals surface area contributed by atoms with Crippen LogP contribution in [-0.4, -0.2) is 26.6 Å². The Morgan fingerprint density at radius 1 is 1.03 bits per heavy atom. The molecular formula is C28H26ClN3O2. The molecule has 0 N–H and O–H groups in total. The van der Waals surface area contributed by atoms with Crippen molar-refractivity contribution in [2.24, 2.45) is 0 Å². The van der Waals surface area contributed by atoms with Crippen LogP contribution < -0.4 is 4.74 Å². The highest BCUT2D eigenvalue weighted by Crippen LogP contribution is 2.36. The van der Waals surface area contributed by atoms with Crippen molar-refractivity contribution in [3.8, 4) is 17.3 Å². The van der Waals surface area contributed by atoms with Gasteiger partial charge in [-0.3, -0.25) is 4.79 Å². The predicted molar refractivity (Wildman–Crippen MR) is 134 cm³/mol. The molecule has 0 atom stereocenters. The Hall–Kier alpha value is -3.57. The van der Waals surface area contributed by atoms with Gasteiger partial charge in [0.2, 0.25) is 5.88 Å². The van der Waals surface area contributed by atoms with Crippen LogP contribution in [0.4, 0.5) is 0 Å². The van der Waals surface area contributed by atoms with E-state index in [1.54, 1.807) is 24.3 Å². The number of hydrogen-bond acceptors (Lipinski definition) is 3. The van der Waals surface area contributed by atoms with E-state index >= 15 is 0 Å². The van der Waals surface area contributed by atoms with Crippen molar-refractivity contribution in [2.75, 3.05) is 0 Å². The van der Waals surface area contributed by atoms with Crippen molar-refractivity contribution in [1.29, 1.82) is 0 Å². The number of carbonyl (C=O) groups is 1. The summed E-state index contributed by atoms with van der Waals surface area (Å²) in [5.41, 5.74) is 4.38. The maximum atomic E-state index is 13.5. The van der Waals surface area contributed by atoms with Crippen LogP contribution in [0.5, 0.6) is 11.6 Å². The molecule has 4 aromatic rings. The second kappa shape index (κ2) is 9.35. The third-order valence-electron chi connectivity index (χ3n) is 6.01. The molecule has 1 saturated carbocycles. The highest BCUT2D eigenvalue weighted by atomic mass is 35.5. The molecule has 1 aliphatic rings. The lowest BCUT2D eigenvalue weighted by Crippen LogP contribution is -2.32. The second-order valence-electron chi connectivity index (χ2n) is 8.71. The van der Waals surface area contributed by atoms with E-state index in [0.717, 1.165) is 41.1 Å². The first kappa shape index (κ1) is 22.2. The zero-order valence-corrected chi connectivity index (χ0v) is 20.0. The summed E-state index contributed by atoms with van der Waals surface area (Å²) in [6.45, 7) is 4.43. The van der Waals surface area contributed by atoms with Gasteiger partial charge in [0.15, 0.2) is 0 Å². The average Bonchev–Trinajstić information content (AvgIpc) is 3.63. The summed E-state index contributed by atoms with van der Waals surface area (Å²) in [5, 5.41) is 5.43. The van der Waals surface area contributed by atoms with Gasteiger partial charge in [-0.05, 0) is 80.8 Å². The number of carbonyl (C=O) groups excluding carboxylic acids is 1. The van der Waals surface area contributed by atoms with Crippen LogP contribution in [0, 0.1) is 13.8 Å². The summed E-state index contributed by atoms with van der Waals surface area (Å²) in [6, 6.07) is 25.2. The highest BCUT2D eigenvalue weighted by molar-refractivity contribution is 6.30. The van der Waals surface area contributed by atoms with Crippen LogP contribution in [0.25, 0.3) is 5.69 Å². The van der Waals surface area contributed by atoms with Crippen molar-refractivity contribution in [1.82, 2.24) is 14.7 Å². The summed E-state index contributed by atoms with van der Waals surface area (Å²) in [7, 11) is 0. The van der Waals surface area contributed by atoms with Crippen molar-refractivity contribution in [3.05, 3.63) is 106 Å². The molecule has 34 heavy (non-hydrogen) atoms. The molecule has 0 radical (unpaired) electrons. The van der Waals surface area contributed by atoms with E-state index in [-0.39, 0.29) is 11.9 Å². The van der Waals surface area contributed by atoms with Gasteiger partial charge >= 0.3 is 0 Å². The normalized spacial score (nSPS) is 13.0. The fourth-order valence-electron chi connectivity index (χ4n) is 4.04. The molecule has 1 aliphatic carbocycles. The number of benzene rings is 3. The molecule has 0 spiro atoms. The van der Waals surface area contributed by atoms with Gasteiger partial charge < -0.3 is 9.64 Å². The fraction of sp³-hybridized carbons (Fsp3) is 0.214. The van der Waals surface area contributed by atoms with Gasteiger partial charge in [-0.1, -0.05) is 41.9 Å². The summed E-state index contributed by atoms with van der Waals surface area (Å²) in [6.07, 6.45) is 2.00. The molecule has 5 rings (SSSR count). The monoisotopic (exact) mass is 471 g/mol. The molecule has 3 aromatic carbocycles. The molecule has 1 amide bonds. The van der Waals surface area contributed by atoms with Crippen LogP contribution in [0.15, 0.2) is 78.9 Å². The topological polar surface area (TPSA) is 47.4 Å². The zero-order valence-electron chi connectivity index (χ0n) is 19.2. The smallest absolute Gasteiger partial charge is 0.254 e. The SMILES string of the molecule is Cc1cccc(Oc2c(CN(C(=O)c3ccc(Cl)cc3)C3CC3)c(C)nn2-c2ccccc2)c1. The van der Waals surface area contributed by atoms with Gasteiger partial charge in [-0.25, -0.2) is 4.68 Å². The third-order valence-corrected chi connectivity index (χ3v) is 6.26. The number of amides is 1. The van der Waals surface area contributed by atoms with Crippen LogP contribution in [-0.2, 0) is 6.54 Å². The lowest BCUT2D eigenvalue weighted by Gasteiger charge is -2.23. The molecule has 1 fully saturated rings. The number of aromatic nitrogens is 2. The first-order chi connectivity index (χ1) is 16.5. The van der Waals surface area contributed by atoms with E-state index in [1.165, 1.54) is 0 Å². The molecule has 0 unspecified atom stereocenters. The predicted octanol–water partition coefficient (Wildman–Crippen LogP) is 6.74. The zero-order chi connectivity index (χ0) is 23.7. The van der Waals surface area contributed by atoms with Crippen molar-refractivity contribution in [2.45, 2.75) is 39.3 Å². The van der Waals surface area contributed by atoms with E-state index in [2.05, 4.69) is 0 Å². The van der Waals surface area contributed by atoms with E-state index in [4.69, 9.17) is 21.4 Å².